The van der Waals surface area contributed by atoms with Gasteiger partial charge in [0.2, 0.25) is 0 Å². The first-order chi connectivity index (χ1) is 10.1. The van der Waals surface area contributed by atoms with Crippen molar-refractivity contribution in [3.8, 4) is 11.5 Å². The topological polar surface area (TPSA) is 73.6 Å². The van der Waals surface area contributed by atoms with E-state index in [0.29, 0.717) is 11.4 Å². The summed E-state index contributed by atoms with van der Waals surface area (Å²) in [4.78, 5) is 11.9. The fourth-order valence-electron chi connectivity index (χ4n) is 1.84. The second kappa shape index (κ2) is 6.65. The first kappa shape index (κ1) is 14.7. The van der Waals surface area contributed by atoms with Crippen LogP contribution in [-0.4, -0.2) is 19.6 Å². The quantitative estimate of drug-likeness (QED) is 0.829. The van der Waals surface area contributed by atoms with Crippen LogP contribution in [0.2, 0.25) is 0 Å². The number of anilines is 2. The number of aryl methyl sites for hydroxylation is 1. The van der Waals surface area contributed by atoms with E-state index in [1.54, 1.807) is 37.4 Å². The lowest BCUT2D eigenvalue weighted by atomic mass is 10.2. The van der Waals surface area contributed by atoms with E-state index < -0.39 is 0 Å². The lowest BCUT2D eigenvalue weighted by molar-refractivity contribution is -0.118. The van der Waals surface area contributed by atoms with E-state index in [2.05, 4.69) is 5.32 Å². The van der Waals surface area contributed by atoms with Crippen LogP contribution < -0.4 is 20.5 Å². The number of hydrogen-bond acceptors (Lipinski definition) is 4. The molecule has 0 atom stereocenters. The van der Waals surface area contributed by atoms with Crippen LogP contribution in [0.5, 0.6) is 11.5 Å². The van der Waals surface area contributed by atoms with Gasteiger partial charge < -0.3 is 20.5 Å². The number of nitrogen functional groups attached to an aromatic ring is 1. The van der Waals surface area contributed by atoms with Crippen LogP contribution >= 0.6 is 0 Å². The predicted molar refractivity (Wildman–Crippen MR) is 82.7 cm³/mol. The van der Waals surface area contributed by atoms with Crippen LogP contribution in [0.4, 0.5) is 11.4 Å². The van der Waals surface area contributed by atoms with Crippen molar-refractivity contribution in [3.05, 3.63) is 48.0 Å². The third-order valence-corrected chi connectivity index (χ3v) is 2.99. The lowest BCUT2D eigenvalue weighted by Gasteiger charge is -2.11. The molecule has 0 aliphatic heterocycles. The molecule has 0 saturated carbocycles. The molecule has 0 fully saturated rings. The molecule has 0 unspecified atom stereocenters. The number of nitrogens with one attached hydrogen (secondary N) is 1. The highest BCUT2D eigenvalue weighted by atomic mass is 16.5. The van der Waals surface area contributed by atoms with E-state index in [1.165, 1.54) is 0 Å². The highest BCUT2D eigenvalue weighted by Crippen LogP contribution is 2.22. The van der Waals surface area contributed by atoms with Crippen LogP contribution in [0.25, 0.3) is 0 Å². The maximum atomic E-state index is 11.9. The number of carbonyl (C=O) groups is 1. The molecule has 1 amide bonds. The molecule has 2 rings (SSSR count). The molecule has 2 aromatic carbocycles. The molecule has 21 heavy (non-hydrogen) atoms. The fourth-order valence-corrected chi connectivity index (χ4v) is 1.84. The standard InChI is InChI=1S/C16H18N2O3/c1-11-9-12(20-2)7-8-14(11)18-16(19)10-21-15-6-4-3-5-13(15)17/h3-9H,10,17H2,1-2H3,(H,18,19). The van der Waals surface area contributed by atoms with Gasteiger partial charge in [0, 0.05) is 5.69 Å². The number of carbonyl (C=O) groups excluding carboxylic acids is 1. The van der Waals surface area contributed by atoms with Crippen LogP contribution in [0.15, 0.2) is 42.5 Å². The van der Waals surface area contributed by atoms with Crippen molar-refractivity contribution < 1.29 is 14.3 Å². The van der Waals surface area contributed by atoms with Crippen LogP contribution in [-0.2, 0) is 4.79 Å². The van der Waals surface area contributed by atoms with Gasteiger partial charge in [-0.3, -0.25) is 4.79 Å². The summed E-state index contributed by atoms with van der Waals surface area (Å²) in [5.41, 5.74) is 7.90. The number of ether oxygens (including phenoxy) is 2. The van der Waals surface area contributed by atoms with Gasteiger partial charge >= 0.3 is 0 Å². The predicted octanol–water partition coefficient (Wildman–Crippen LogP) is 2.60. The minimum Gasteiger partial charge on any atom is -0.497 e. The van der Waals surface area contributed by atoms with Crippen LogP contribution in [0, 0.1) is 6.92 Å². The summed E-state index contributed by atoms with van der Waals surface area (Å²) < 4.78 is 10.5. The van der Waals surface area contributed by atoms with Gasteiger partial charge in [0.05, 0.1) is 12.8 Å². The molecular formula is C16H18N2O3. The number of hydrogen-bond donors (Lipinski definition) is 2. The van der Waals surface area contributed by atoms with Crippen LogP contribution in [0.3, 0.4) is 0 Å². The van der Waals surface area contributed by atoms with E-state index >= 15 is 0 Å². The molecule has 0 aliphatic carbocycles. The molecular weight excluding hydrogens is 268 g/mol. The zero-order valence-corrected chi connectivity index (χ0v) is 12.1. The fraction of sp³-hybridized carbons (Fsp3) is 0.188. The molecule has 0 saturated heterocycles. The summed E-state index contributed by atoms with van der Waals surface area (Å²) in [6, 6.07) is 12.5. The Morgan fingerprint density at radius 1 is 1.24 bits per heavy atom. The number of rotatable bonds is 5. The smallest absolute Gasteiger partial charge is 0.262 e. The first-order valence-corrected chi connectivity index (χ1v) is 6.52. The summed E-state index contributed by atoms with van der Waals surface area (Å²) >= 11 is 0. The Kier molecular flexibility index (Phi) is 4.66. The third kappa shape index (κ3) is 3.89. The van der Waals surface area contributed by atoms with Crippen molar-refractivity contribution in [1.82, 2.24) is 0 Å². The summed E-state index contributed by atoms with van der Waals surface area (Å²) in [5, 5.41) is 2.79. The molecule has 5 nitrogen and oxygen atoms in total. The van der Waals surface area contributed by atoms with Gasteiger partial charge in [-0.1, -0.05) is 12.1 Å². The van der Waals surface area contributed by atoms with Crippen molar-refractivity contribution in [2.75, 3.05) is 24.8 Å². The first-order valence-electron chi connectivity index (χ1n) is 6.52. The van der Waals surface area contributed by atoms with E-state index in [0.717, 1.165) is 17.0 Å². The number of nitrogens with two attached hydrogens (primary N) is 1. The maximum absolute atomic E-state index is 11.9. The molecule has 0 heterocycles. The molecule has 0 radical (unpaired) electrons. The SMILES string of the molecule is COc1ccc(NC(=O)COc2ccccc2N)c(C)c1. The zero-order valence-electron chi connectivity index (χ0n) is 12.1. The third-order valence-electron chi connectivity index (χ3n) is 2.99. The number of amides is 1. The Labute approximate surface area is 123 Å². The Balaban J connectivity index is 1.95. The van der Waals surface area contributed by atoms with Crippen molar-refractivity contribution in [2.45, 2.75) is 6.92 Å². The van der Waals surface area contributed by atoms with Gasteiger partial charge in [0.25, 0.3) is 5.91 Å². The average Bonchev–Trinajstić information content (AvgIpc) is 2.48. The molecule has 2 aromatic rings. The maximum Gasteiger partial charge on any atom is 0.262 e. The van der Waals surface area contributed by atoms with Crippen molar-refractivity contribution >= 4 is 17.3 Å². The zero-order chi connectivity index (χ0) is 15.2. The summed E-state index contributed by atoms with van der Waals surface area (Å²) in [6.45, 7) is 1.80. The average molecular weight is 286 g/mol. The normalized spacial score (nSPS) is 10.0. The Hall–Kier alpha value is -2.69. The molecule has 3 N–H and O–H groups in total. The molecule has 0 aromatic heterocycles. The van der Waals surface area contributed by atoms with Gasteiger partial charge in [-0.15, -0.1) is 0 Å². The van der Waals surface area contributed by atoms with Gasteiger partial charge in [0.1, 0.15) is 11.5 Å². The Morgan fingerprint density at radius 3 is 2.67 bits per heavy atom. The number of benzene rings is 2. The summed E-state index contributed by atoms with van der Waals surface area (Å²) in [6.07, 6.45) is 0. The van der Waals surface area contributed by atoms with E-state index in [1.807, 2.05) is 19.1 Å². The van der Waals surface area contributed by atoms with Crippen molar-refractivity contribution in [3.63, 3.8) is 0 Å². The largest absolute Gasteiger partial charge is 0.497 e. The van der Waals surface area contributed by atoms with Crippen molar-refractivity contribution in [2.24, 2.45) is 0 Å². The number of para-hydroxylation sites is 2. The number of methoxy groups -OCH3 is 1. The molecule has 0 bridgehead atoms. The van der Waals surface area contributed by atoms with Crippen LogP contribution in [0.1, 0.15) is 5.56 Å². The van der Waals surface area contributed by atoms with E-state index in [-0.39, 0.29) is 12.5 Å². The molecule has 5 heteroatoms. The molecule has 110 valence electrons. The Morgan fingerprint density at radius 2 is 2.00 bits per heavy atom. The molecule has 0 aliphatic rings. The lowest BCUT2D eigenvalue weighted by Crippen LogP contribution is -2.20. The Bertz CT molecular complexity index is 641. The van der Waals surface area contributed by atoms with Gasteiger partial charge in [-0.2, -0.15) is 0 Å². The highest BCUT2D eigenvalue weighted by molar-refractivity contribution is 5.92. The minimum absolute atomic E-state index is 0.0975. The monoisotopic (exact) mass is 286 g/mol. The summed E-state index contributed by atoms with van der Waals surface area (Å²) in [5.74, 6) is 1.00. The van der Waals surface area contributed by atoms with E-state index in [9.17, 15) is 4.79 Å². The van der Waals surface area contributed by atoms with Gasteiger partial charge in [-0.25, -0.2) is 0 Å². The highest BCUT2D eigenvalue weighted by Gasteiger charge is 2.07. The van der Waals surface area contributed by atoms with Gasteiger partial charge in [0.15, 0.2) is 6.61 Å². The second-order valence-corrected chi connectivity index (χ2v) is 4.56. The van der Waals surface area contributed by atoms with E-state index in [4.69, 9.17) is 15.2 Å². The van der Waals surface area contributed by atoms with Gasteiger partial charge in [-0.05, 0) is 42.8 Å². The minimum atomic E-state index is -0.244. The summed E-state index contributed by atoms with van der Waals surface area (Å²) in [7, 11) is 1.60. The molecule has 0 spiro atoms. The second-order valence-electron chi connectivity index (χ2n) is 4.56. The van der Waals surface area contributed by atoms with Crippen molar-refractivity contribution in [1.29, 1.82) is 0 Å².